The zero-order chi connectivity index (χ0) is 19.7. The number of carbonyl (C=O) groups is 1. The molecule has 1 aromatic heterocycles. The number of fused-ring (bicyclic) bond motifs is 1. The fraction of sp³-hybridized carbons (Fsp3) is 0.0476. The lowest BCUT2D eigenvalue weighted by molar-refractivity contribution is 0.102. The second-order valence-electron chi connectivity index (χ2n) is 6.11. The second-order valence-corrected chi connectivity index (χ2v) is 6.11. The van der Waals surface area contributed by atoms with Gasteiger partial charge in [0.1, 0.15) is 17.4 Å². The van der Waals surface area contributed by atoms with Crippen LogP contribution in [0.2, 0.25) is 0 Å². The first-order chi connectivity index (χ1) is 13.6. The highest BCUT2D eigenvalue weighted by molar-refractivity contribution is 6.08. The molecule has 0 saturated carbocycles. The molecule has 0 aliphatic rings. The number of aromatic amines is 1. The van der Waals surface area contributed by atoms with Crippen LogP contribution in [0.3, 0.4) is 0 Å². The largest absolute Gasteiger partial charge is 0.496 e. The van der Waals surface area contributed by atoms with Crippen molar-refractivity contribution in [1.29, 1.82) is 0 Å². The number of para-hydroxylation sites is 1. The van der Waals surface area contributed by atoms with E-state index in [1.807, 2.05) is 36.4 Å². The molecule has 1 amide bonds. The van der Waals surface area contributed by atoms with E-state index in [2.05, 4.69) is 15.5 Å². The molecule has 2 N–H and O–H groups in total. The molecule has 0 atom stereocenters. The van der Waals surface area contributed by atoms with Gasteiger partial charge in [0, 0.05) is 17.0 Å². The van der Waals surface area contributed by atoms with E-state index in [0.717, 1.165) is 29.0 Å². The summed E-state index contributed by atoms with van der Waals surface area (Å²) in [5.74, 6) is -1.39. The predicted molar refractivity (Wildman–Crippen MR) is 102 cm³/mol. The zero-order valence-electron chi connectivity index (χ0n) is 14.8. The molecule has 4 rings (SSSR count). The van der Waals surface area contributed by atoms with Gasteiger partial charge in [0.05, 0.1) is 18.2 Å². The van der Waals surface area contributed by atoms with Gasteiger partial charge in [-0.15, -0.1) is 0 Å². The van der Waals surface area contributed by atoms with Crippen LogP contribution in [0, 0.1) is 11.6 Å². The molecule has 0 aliphatic carbocycles. The molecule has 1 heterocycles. The van der Waals surface area contributed by atoms with Crippen LogP contribution in [0.15, 0.2) is 60.7 Å². The third kappa shape index (κ3) is 3.18. The van der Waals surface area contributed by atoms with Crippen molar-refractivity contribution in [1.82, 2.24) is 10.2 Å². The van der Waals surface area contributed by atoms with Gasteiger partial charge in [-0.3, -0.25) is 9.89 Å². The van der Waals surface area contributed by atoms with Gasteiger partial charge in [0.15, 0.2) is 5.82 Å². The highest BCUT2D eigenvalue weighted by Gasteiger charge is 2.16. The Morgan fingerprint density at radius 1 is 1.07 bits per heavy atom. The van der Waals surface area contributed by atoms with Gasteiger partial charge in [0.25, 0.3) is 5.91 Å². The average Bonchev–Trinajstić information content (AvgIpc) is 3.09. The number of amides is 1. The van der Waals surface area contributed by atoms with E-state index < -0.39 is 17.5 Å². The lowest BCUT2D eigenvalue weighted by Gasteiger charge is -2.08. The number of carbonyl (C=O) groups excluding carboxylic acids is 1. The van der Waals surface area contributed by atoms with E-state index in [-0.39, 0.29) is 11.4 Å². The Hall–Kier alpha value is -3.74. The number of hydrogen-bond acceptors (Lipinski definition) is 3. The smallest absolute Gasteiger partial charge is 0.259 e. The van der Waals surface area contributed by atoms with Crippen LogP contribution in [0.25, 0.3) is 22.0 Å². The van der Waals surface area contributed by atoms with Gasteiger partial charge in [-0.1, -0.05) is 24.3 Å². The minimum Gasteiger partial charge on any atom is -0.496 e. The highest BCUT2D eigenvalue weighted by Crippen LogP contribution is 2.32. The Morgan fingerprint density at radius 2 is 1.89 bits per heavy atom. The van der Waals surface area contributed by atoms with Crippen molar-refractivity contribution in [2.24, 2.45) is 0 Å². The van der Waals surface area contributed by atoms with Crippen LogP contribution in [0.1, 0.15) is 10.4 Å². The Kier molecular flexibility index (Phi) is 4.49. The standard InChI is InChI=1S/C21H15F2N3O2/c1-28-19-5-3-2-4-14(19)12-6-8-16-18(10-12)25-26-20(16)24-21(27)15-9-7-13(22)11-17(15)23/h2-11H,1H3,(H2,24,25,26,27). The molecule has 7 heteroatoms. The third-order valence-electron chi connectivity index (χ3n) is 4.39. The van der Waals surface area contributed by atoms with Gasteiger partial charge in [-0.2, -0.15) is 5.10 Å². The van der Waals surface area contributed by atoms with Crippen molar-refractivity contribution in [2.75, 3.05) is 12.4 Å². The summed E-state index contributed by atoms with van der Waals surface area (Å²) in [7, 11) is 1.61. The summed E-state index contributed by atoms with van der Waals surface area (Å²) in [5.41, 5.74) is 2.26. The summed E-state index contributed by atoms with van der Waals surface area (Å²) in [6.45, 7) is 0. The van der Waals surface area contributed by atoms with Crippen LogP contribution >= 0.6 is 0 Å². The summed E-state index contributed by atoms with van der Waals surface area (Å²) >= 11 is 0. The maximum absolute atomic E-state index is 13.8. The summed E-state index contributed by atoms with van der Waals surface area (Å²) < 4.78 is 32.2. The Balaban J connectivity index is 1.66. The summed E-state index contributed by atoms with van der Waals surface area (Å²) in [4.78, 5) is 12.3. The maximum atomic E-state index is 13.8. The maximum Gasteiger partial charge on any atom is 0.259 e. The number of halogens is 2. The monoisotopic (exact) mass is 379 g/mol. The molecule has 3 aromatic carbocycles. The SMILES string of the molecule is COc1ccccc1-c1ccc2c(NC(=O)c3ccc(F)cc3F)n[nH]c2c1. The third-order valence-corrected chi connectivity index (χ3v) is 4.39. The lowest BCUT2D eigenvalue weighted by atomic mass is 10.0. The molecule has 4 aromatic rings. The van der Waals surface area contributed by atoms with E-state index in [0.29, 0.717) is 17.0 Å². The molecule has 0 fully saturated rings. The van der Waals surface area contributed by atoms with Gasteiger partial charge in [0.2, 0.25) is 0 Å². The Morgan fingerprint density at radius 3 is 2.68 bits per heavy atom. The van der Waals surface area contributed by atoms with E-state index in [4.69, 9.17) is 4.74 Å². The Bertz CT molecular complexity index is 1190. The quantitative estimate of drug-likeness (QED) is 0.537. The fourth-order valence-corrected chi connectivity index (χ4v) is 3.01. The normalized spacial score (nSPS) is 10.8. The van der Waals surface area contributed by atoms with Gasteiger partial charge in [-0.25, -0.2) is 8.78 Å². The first kappa shape index (κ1) is 17.7. The number of H-pyrrole nitrogens is 1. The van der Waals surface area contributed by atoms with Crippen molar-refractivity contribution < 1.29 is 18.3 Å². The molecule has 0 radical (unpaired) electrons. The molecule has 0 bridgehead atoms. The van der Waals surface area contributed by atoms with E-state index in [1.54, 1.807) is 13.2 Å². The number of aromatic nitrogens is 2. The molecule has 0 aliphatic heterocycles. The molecule has 5 nitrogen and oxygen atoms in total. The number of benzene rings is 3. The van der Waals surface area contributed by atoms with Crippen molar-refractivity contribution in [3.8, 4) is 16.9 Å². The molecule has 140 valence electrons. The summed E-state index contributed by atoms with van der Waals surface area (Å²) in [6, 6.07) is 16.0. The van der Waals surface area contributed by atoms with Crippen molar-refractivity contribution in [3.05, 3.63) is 77.9 Å². The molecular weight excluding hydrogens is 364 g/mol. The van der Waals surface area contributed by atoms with Crippen LogP contribution in [-0.2, 0) is 0 Å². The van der Waals surface area contributed by atoms with E-state index in [1.165, 1.54) is 0 Å². The van der Waals surface area contributed by atoms with Crippen molar-refractivity contribution in [2.45, 2.75) is 0 Å². The Labute approximate surface area is 159 Å². The topological polar surface area (TPSA) is 67.0 Å². The van der Waals surface area contributed by atoms with Gasteiger partial charge in [-0.05, 0) is 35.9 Å². The summed E-state index contributed by atoms with van der Waals surface area (Å²) in [6.07, 6.45) is 0. The number of nitrogens with one attached hydrogen (secondary N) is 2. The molecule has 0 saturated heterocycles. The van der Waals surface area contributed by atoms with E-state index in [9.17, 15) is 13.6 Å². The lowest BCUT2D eigenvalue weighted by Crippen LogP contribution is -2.14. The molecule has 0 unspecified atom stereocenters. The molecule has 0 spiro atoms. The number of rotatable bonds is 4. The highest BCUT2D eigenvalue weighted by atomic mass is 19.1. The number of anilines is 1. The van der Waals surface area contributed by atoms with E-state index >= 15 is 0 Å². The van der Waals surface area contributed by atoms with Crippen LogP contribution in [-0.4, -0.2) is 23.2 Å². The number of nitrogens with zero attached hydrogens (tertiary/aromatic N) is 1. The fourth-order valence-electron chi connectivity index (χ4n) is 3.01. The van der Waals surface area contributed by atoms with Crippen LogP contribution < -0.4 is 10.1 Å². The number of ether oxygens (including phenoxy) is 1. The average molecular weight is 379 g/mol. The van der Waals surface area contributed by atoms with Crippen molar-refractivity contribution >= 4 is 22.6 Å². The van der Waals surface area contributed by atoms with Gasteiger partial charge < -0.3 is 10.1 Å². The molecule has 28 heavy (non-hydrogen) atoms. The first-order valence-corrected chi connectivity index (χ1v) is 8.45. The first-order valence-electron chi connectivity index (χ1n) is 8.45. The van der Waals surface area contributed by atoms with Gasteiger partial charge >= 0.3 is 0 Å². The molecular formula is C21H15F2N3O2. The number of methoxy groups -OCH3 is 1. The predicted octanol–water partition coefficient (Wildman–Crippen LogP) is 4.77. The summed E-state index contributed by atoms with van der Waals surface area (Å²) in [5, 5.41) is 10.2. The van der Waals surface area contributed by atoms with Crippen molar-refractivity contribution in [3.63, 3.8) is 0 Å². The minimum atomic E-state index is -0.934. The zero-order valence-corrected chi connectivity index (χ0v) is 14.8. The number of hydrogen-bond donors (Lipinski definition) is 2. The van der Waals surface area contributed by atoms with Crippen LogP contribution in [0.4, 0.5) is 14.6 Å². The second kappa shape index (κ2) is 7.11. The minimum absolute atomic E-state index is 0.260. The van der Waals surface area contributed by atoms with Crippen LogP contribution in [0.5, 0.6) is 5.75 Å².